The van der Waals surface area contributed by atoms with Gasteiger partial charge in [0.2, 0.25) is 0 Å². The predicted octanol–water partition coefficient (Wildman–Crippen LogP) is 4.14. The highest BCUT2D eigenvalue weighted by Gasteiger charge is 2.19. The van der Waals surface area contributed by atoms with E-state index in [0.29, 0.717) is 12.1 Å². The van der Waals surface area contributed by atoms with Crippen molar-refractivity contribution in [1.29, 1.82) is 0 Å². The van der Waals surface area contributed by atoms with Crippen LogP contribution < -0.4 is 5.32 Å². The van der Waals surface area contributed by atoms with E-state index in [4.69, 9.17) is 0 Å². The fraction of sp³-hybridized carbons (Fsp3) is 0.625. The highest BCUT2D eigenvalue weighted by Crippen LogP contribution is 2.27. The van der Waals surface area contributed by atoms with Gasteiger partial charge in [-0.25, -0.2) is 0 Å². The van der Waals surface area contributed by atoms with Crippen molar-refractivity contribution in [3.63, 3.8) is 0 Å². The fourth-order valence-electron chi connectivity index (χ4n) is 2.34. The molecule has 1 N–H and O–H groups in total. The van der Waals surface area contributed by atoms with Crippen molar-refractivity contribution >= 4 is 11.8 Å². The van der Waals surface area contributed by atoms with Gasteiger partial charge in [-0.1, -0.05) is 45.0 Å². The molecule has 0 spiro atoms. The van der Waals surface area contributed by atoms with Crippen LogP contribution in [-0.4, -0.2) is 17.5 Å². The Morgan fingerprint density at radius 2 is 1.83 bits per heavy atom. The summed E-state index contributed by atoms with van der Waals surface area (Å²) in [6, 6.07) is 10.3. The first kappa shape index (κ1) is 14.0. The maximum Gasteiger partial charge on any atom is 0.0413 e. The van der Waals surface area contributed by atoms with E-state index in [1.54, 1.807) is 0 Å². The summed E-state index contributed by atoms with van der Waals surface area (Å²) in [6.45, 7) is 9.10. The summed E-state index contributed by atoms with van der Waals surface area (Å²) in [5.74, 6) is 2.48. The zero-order valence-electron chi connectivity index (χ0n) is 12.0. The van der Waals surface area contributed by atoms with Crippen molar-refractivity contribution in [2.45, 2.75) is 51.6 Å². The van der Waals surface area contributed by atoms with E-state index in [2.05, 4.69) is 69.0 Å². The Balaban J connectivity index is 2.13. The molecular weight excluding hydrogens is 238 g/mol. The molecule has 1 nitrogen and oxygen atoms in total. The number of hydrogen-bond acceptors (Lipinski definition) is 2. The molecule has 0 aliphatic carbocycles. The number of nitrogens with one attached hydrogen (secondary N) is 1. The van der Waals surface area contributed by atoms with Crippen molar-refractivity contribution in [1.82, 2.24) is 5.32 Å². The maximum absolute atomic E-state index is 3.73. The summed E-state index contributed by atoms with van der Waals surface area (Å²) in [7, 11) is 0. The van der Waals surface area contributed by atoms with Gasteiger partial charge in [-0.2, -0.15) is 11.8 Å². The van der Waals surface area contributed by atoms with Crippen molar-refractivity contribution in [3.8, 4) is 0 Å². The third kappa shape index (κ3) is 3.52. The summed E-state index contributed by atoms with van der Waals surface area (Å²) in [6.07, 6.45) is 1.28. The molecule has 1 aromatic rings. The van der Waals surface area contributed by atoms with E-state index in [1.165, 1.54) is 29.1 Å². The molecule has 1 aromatic carbocycles. The van der Waals surface area contributed by atoms with Crippen LogP contribution in [0.3, 0.4) is 0 Å². The topological polar surface area (TPSA) is 12.0 Å². The minimum Gasteiger partial charge on any atom is -0.307 e. The van der Waals surface area contributed by atoms with Crippen LogP contribution in [0, 0.1) is 0 Å². The van der Waals surface area contributed by atoms with Crippen LogP contribution in [0.25, 0.3) is 0 Å². The van der Waals surface area contributed by atoms with Gasteiger partial charge in [-0.3, -0.25) is 0 Å². The van der Waals surface area contributed by atoms with Gasteiger partial charge in [0.15, 0.2) is 0 Å². The van der Waals surface area contributed by atoms with Crippen LogP contribution in [-0.2, 0) is 5.41 Å². The Labute approximate surface area is 116 Å². The molecule has 2 atom stereocenters. The third-order valence-electron chi connectivity index (χ3n) is 3.64. The Morgan fingerprint density at radius 1 is 1.17 bits per heavy atom. The first-order chi connectivity index (χ1) is 8.47. The molecule has 0 bridgehead atoms. The average molecular weight is 263 g/mol. The molecule has 1 aliphatic rings. The van der Waals surface area contributed by atoms with Gasteiger partial charge in [0.05, 0.1) is 0 Å². The van der Waals surface area contributed by atoms with Crippen molar-refractivity contribution in [3.05, 3.63) is 35.4 Å². The van der Waals surface area contributed by atoms with E-state index in [-0.39, 0.29) is 5.41 Å². The minimum absolute atomic E-state index is 0.247. The second kappa shape index (κ2) is 5.66. The lowest BCUT2D eigenvalue weighted by atomic mass is 9.86. The van der Waals surface area contributed by atoms with E-state index in [9.17, 15) is 0 Å². The Bertz CT molecular complexity index is 377. The molecule has 0 radical (unpaired) electrons. The molecule has 2 rings (SSSR count). The zero-order valence-corrected chi connectivity index (χ0v) is 12.8. The molecule has 0 saturated carbocycles. The SMILES string of the molecule is CC1CCSCC(c2ccc(C(C)(C)C)cc2)N1. The zero-order chi connectivity index (χ0) is 13.2. The summed E-state index contributed by atoms with van der Waals surface area (Å²) in [4.78, 5) is 0. The van der Waals surface area contributed by atoms with Gasteiger partial charge in [0.25, 0.3) is 0 Å². The smallest absolute Gasteiger partial charge is 0.0413 e. The molecule has 1 heterocycles. The molecule has 1 saturated heterocycles. The first-order valence-electron chi connectivity index (χ1n) is 6.91. The lowest BCUT2D eigenvalue weighted by molar-refractivity contribution is 0.484. The Hall–Kier alpha value is -0.470. The Morgan fingerprint density at radius 3 is 2.44 bits per heavy atom. The molecule has 1 aliphatic heterocycles. The van der Waals surface area contributed by atoms with Crippen LogP contribution in [0.2, 0.25) is 0 Å². The second-order valence-corrected chi connectivity index (χ2v) is 7.51. The van der Waals surface area contributed by atoms with E-state index < -0.39 is 0 Å². The molecule has 0 aromatic heterocycles. The quantitative estimate of drug-likeness (QED) is 0.817. The summed E-state index contributed by atoms with van der Waals surface area (Å²) >= 11 is 2.07. The average Bonchev–Trinajstić information content (AvgIpc) is 2.53. The molecule has 1 fully saturated rings. The number of thioether (sulfide) groups is 1. The second-order valence-electron chi connectivity index (χ2n) is 6.36. The highest BCUT2D eigenvalue weighted by atomic mass is 32.2. The van der Waals surface area contributed by atoms with Gasteiger partial charge in [0, 0.05) is 17.8 Å². The normalized spacial score (nSPS) is 25.8. The molecular formula is C16H25NS. The van der Waals surface area contributed by atoms with Gasteiger partial charge in [-0.15, -0.1) is 0 Å². The molecule has 0 amide bonds. The summed E-state index contributed by atoms with van der Waals surface area (Å²) in [5, 5.41) is 3.73. The van der Waals surface area contributed by atoms with E-state index in [1.807, 2.05) is 0 Å². The van der Waals surface area contributed by atoms with Crippen molar-refractivity contribution < 1.29 is 0 Å². The lowest BCUT2D eigenvalue weighted by Gasteiger charge is -2.22. The highest BCUT2D eigenvalue weighted by molar-refractivity contribution is 7.99. The third-order valence-corrected chi connectivity index (χ3v) is 4.74. The monoisotopic (exact) mass is 263 g/mol. The van der Waals surface area contributed by atoms with Crippen LogP contribution >= 0.6 is 11.8 Å². The fourth-order valence-corrected chi connectivity index (χ4v) is 3.56. The van der Waals surface area contributed by atoms with Gasteiger partial charge in [-0.05, 0) is 35.6 Å². The Kier molecular flexibility index (Phi) is 4.39. The van der Waals surface area contributed by atoms with E-state index >= 15 is 0 Å². The summed E-state index contributed by atoms with van der Waals surface area (Å²) in [5.41, 5.74) is 3.10. The molecule has 2 unspecified atom stereocenters. The van der Waals surface area contributed by atoms with Crippen LogP contribution in [0.1, 0.15) is 51.3 Å². The van der Waals surface area contributed by atoms with Crippen LogP contribution in [0.4, 0.5) is 0 Å². The van der Waals surface area contributed by atoms with Crippen molar-refractivity contribution in [2.75, 3.05) is 11.5 Å². The maximum atomic E-state index is 3.73. The van der Waals surface area contributed by atoms with Crippen molar-refractivity contribution in [2.24, 2.45) is 0 Å². The number of benzene rings is 1. The van der Waals surface area contributed by atoms with Crippen LogP contribution in [0.15, 0.2) is 24.3 Å². The lowest BCUT2D eigenvalue weighted by Crippen LogP contribution is -2.30. The number of hydrogen-bond donors (Lipinski definition) is 1. The minimum atomic E-state index is 0.247. The largest absolute Gasteiger partial charge is 0.307 e. The molecule has 2 heteroatoms. The predicted molar refractivity (Wildman–Crippen MR) is 82.4 cm³/mol. The molecule has 100 valence electrons. The van der Waals surface area contributed by atoms with Gasteiger partial charge >= 0.3 is 0 Å². The first-order valence-corrected chi connectivity index (χ1v) is 8.06. The van der Waals surface area contributed by atoms with Gasteiger partial charge < -0.3 is 5.32 Å². The van der Waals surface area contributed by atoms with Gasteiger partial charge in [0.1, 0.15) is 0 Å². The number of rotatable bonds is 1. The van der Waals surface area contributed by atoms with E-state index in [0.717, 1.165) is 0 Å². The van der Waals surface area contributed by atoms with Crippen LogP contribution in [0.5, 0.6) is 0 Å². The summed E-state index contributed by atoms with van der Waals surface area (Å²) < 4.78 is 0. The molecule has 18 heavy (non-hydrogen) atoms. The standard InChI is InChI=1S/C16H25NS/c1-12-9-10-18-11-15(17-12)13-5-7-14(8-6-13)16(2,3)4/h5-8,12,15,17H,9-11H2,1-4H3.